The van der Waals surface area contributed by atoms with Gasteiger partial charge in [0.05, 0.1) is 0 Å². The largest absolute Gasteiger partial charge is 0.507 e. The van der Waals surface area contributed by atoms with E-state index < -0.39 is 18.5 Å². The lowest BCUT2D eigenvalue weighted by Crippen LogP contribution is -2.22. The third-order valence-electron chi connectivity index (χ3n) is 3.54. The van der Waals surface area contributed by atoms with Crippen LogP contribution in [-0.2, 0) is 9.53 Å². The van der Waals surface area contributed by atoms with Crippen LogP contribution in [0.3, 0.4) is 0 Å². The van der Waals surface area contributed by atoms with E-state index >= 15 is 0 Å². The van der Waals surface area contributed by atoms with Crippen LogP contribution in [0.1, 0.15) is 27.0 Å². The van der Waals surface area contributed by atoms with Gasteiger partial charge in [0.25, 0.3) is 5.91 Å². The van der Waals surface area contributed by atoms with Crippen molar-refractivity contribution in [2.45, 2.75) is 20.8 Å². The van der Waals surface area contributed by atoms with E-state index in [-0.39, 0.29) is 11.3 Å². The maximum atomic E-state index is 12.0. The fourth-order valence-corrected chi connectivity index (χ4v) is 2.22. The van der Waals surface area contributed by atoms with Crippen molar-refractivity contribution in [1.82, 2.24) is 0 Å². The van der Waals surface area contributed by atoms with Crippen molar-refractivity contribution in [1.29, 1.82) is 0 Å². The van der Waals surface area contributed by atoms with E-state index in [4.69, 9.17) is 4.74 Å². The number of phenols is 1. The lowest BCUT2D eigenvalue weighted by atomic mass is 10.1. The van der Waals surface area contributed by atoms with Crippen molar-refractivity contribution in [2.75, 3.05) is 11.9 Å². The van der Waals surface area contributed by atoms with Gasteiger partial charge in [0, 0.05) is 5.69 Å². The molecular formula is C18H19NO4. The van der Waals surface area contributed by atoms with Crippen LogP contribution in [0.5, 0.6) is 5.75 Å². The van der Waals surface area contributed by atoms with Crippen molar-refractivity contribution in [3.8, 4) is 5.75 Å². The van der Waals surface area contributed by atoms with Gasteiger partial charge in [-0.15, -0.1) is 0 Å². The molecule has 1 amide bonds. The summed E-state index contributed by atoms with van der Waals surface area (Å²) in [5.41, 5.74) is 3.19. The summed E-state index contributed by atoms with van der Waals surface area (Å²) in [7, 11) is 0. The average molecular weight is 313 g/mol. The number of aromatic hydroxyl groups is 1. The van der Waals surface area contributed by atoms with E-state index in [1.165, 1.54) is 6.07 Å². The minimum Gasteiger partial charge on any atom is -0.507 e. The summed E-state index contributed by atoms with van der Waals surface area (Å²) in [4.78, 5) is 23.9. The second-order valence-corrected chi connectivity index (χ2v) is 5.36. The number of hydrogen-bond acceptors (Lipinski definition) is 4. The minimum atomic E-state index is -0.733. The van der Waals surface area contributed by atoms with Gasteiger partial charge in [0.2, 0.25) is 0 Å². The first-order chi connectivity index (χ1) is 10.9. The number of phenolic OH excluding ortho intramolecular Hbond substituents is 1. The van der Waals surface area contributed by atoms with Crippen LogP contribution in [0.4, 0.5) is 5.69 Å². The number of para-hydroxylation sites is 2. The SMILES string of the molecule is Cc1cccc(C(=O)OCC(=O)Nc2c(C)cccc2C)c1O. The summed E-state index contributed by atoms with van der Waals surface area (Å²) in [6, 6.07) is 10.5. The molecule has 0 atom stereocenters. The first-order valence-electron chi connectivity index (χ1n) is 7.22. The van der Waals surface area contributed by atoms with E-state index in [2.05, 4.69) is 5.32 Å². The molecule has 0 aliphatic heterocycles. The molecule has 5 nitrogen and oxygen atoms in total. The molecule has 0 saturated heterocycles. The molecule has 0 radical (unpaired) electrons. The minimum absolute atomic E-state index is 0.0462. The molecule has 5 heteroatoms. The van der Waals surface area contributed by atoms with Gasteiger partial charge in [0.15, 0.2) is 6.61 Å². The Kier molecular flexibility index (Phi) is 5.01. The summed E-state index contributed by atoms with van der Waals surface area (Å²) in [6.45, 7) is 5.04. The van der Waals surface area contributed by atoms with Crippen LogP contribution in [0.2, 0.25) is 0 Å². The zero-order chi connectivity index (χ0) is 17.0. The fourth-order valence-electron chi connectivity index (χ4n) is 2.22. The molecule has 0 fully saturated rings. The average Bonchev–Trinajstić information content (AvgIpc) is 2.51. The van der Waals surface area contributed by atoms with E-state index in [9.17, 15) is 14.7 Å². The number of ether oxygens (including phenoxy) is 1. The Morgan fingerprint density at radius 2 is 1.57 bits per heavy atom. The van der Waals surface area contributed by atoms with Crippen LogP contribution >= 0.6 is 0 Å². The van der Waals surface area contributed by atoms with E-state index in [0.717, 1.165) is 11.1 Å². The van der Waals surface area contributed by atoms with Crippen molar-refractivity contribution >= 4 is 17.6 Å². The number of carbonyl (C=O) groups is 2. The molecular weight excluding hydrogens is 294 g/mol. The Hall–Kier alpha value is -2.82. The Morgan fingerprint density at radius 3 is 2.22 bits per heavy atom. The second kappa shape index (κ2) is 6.96. The number of nitrogens with one attached hydrogen (secondary N) is 1. The summed E-state index contributed by atoms with van der Waals surface area (Å²) in [5.74, 6) is -1.29. The molecule has 0 saturated carbocycles. The van der Waals surface area contributed by atoms with Gasteiger partial charge < -0.3 is 15.2 Å². The number of benzene rings is 2. The molecule has 2 N–H and O–H groups in total. The van der Waals surface area contributed by atoms with Gasteiger partial charge in [0.1, 0.15) is 11.3 Å². The van der Waals surface area contributed by atoms with Crippen molar-refractivity contribution in [2.24, 2.45) is 0 Å². The summed E-state index contributed by atoms with van der Waals surface area (Å²) < 4.78 is 4.97. The van der Waals surface area contributed by atoms with E-state index in [1.54, 1.807) is 19.1 Å². The Morgan fingerprint density at radius 1 is 1.00 bits per heavy atom. The molecule has 2 aromatic rings. The molecule has 0 spiro atoms. The molecule has 0 aromatic heterocycles. The predicted molar refractivity (Wildman–Crippen MR) is 87.7 cm³/mol. The normalized spacial score (nSPS) is 10.2. The van der Waals surface area contributed by atoms with Gasteiger partial charge in [-0.2, -0.15) is 0 Å². The molecule has 120 valence electrons. The third-order valence-corrected chi connectivity index (χ3v) is 3.54. The number of hydrogen-bond donors (Lipinski definition) is 2. The fraction of sp³-hybridized carbons (Fsp3) is 0.222. The smallest absolute Gasteiger partial charge is 0.342 e. The zero-order valence-electron chi connectivity index (χ0n) is 13.3. The lowest BCUT2D eigenvalue weighted by molar-refractivity contribution is -0.119. The number of amides is 1. The highest BCUT2D eigenvalue weighted by Gasteiger charge is 2.16. The molecule has 23 heavy (non-hydrogen) atoms. The second-order valence-electron chi connectivity index (χ2n) is 5.36. The van der Waals surface area contributed by atoms with Crippen LogP contribution in [-0.4, -0.2) is 23.6 Å². The molecule has 0 heterocycles. The third kappa shape index (κ3) is 3.88. The van der Waals surface area contributed by atoms with Gasteiger partial charge in [-0.05, 0) is 43.5 Å². The van der Waals surface area contributed by atoms with Crippen molar-refractivity contribution in [3.05, 3.63) is 58.7 Å². The first kappa shape index (κ1) is 16.5. The number of carbonyl (C=O) groups excluding carboxylic acids is 2. The molecule has 2 rings (SSSR count). The maximum absolute atomic E-state index is 12.0. The van der Waals surface area contributed by atoms with Gasteiger partial charge in [-0.1, -0.05) is 30.3 Å². The maximum Gasteiger partial charge on any atom is 0.342 e. The molecule has 0 unspecified atom stereocenters. The number of anilines is 1. The Labute approximate surface area is 134 Å². The number of esters is 1. The molecule has 0 aliphatic carbocycles. The van der Waals surface area contributed by atoms with Crippen LogP contribution in [0.25, 0.3) is 0 Å². The summed E-state index contributed by atoms with van der Waals surface area (Å²) >= 11 is 0. The van der Waals surface area contributed by atoms with Crippen LogP contribution < -0.4 is 5.32 Å². The monoisotopic (exact) mass is 313 g/mol. The zero-order valence-corrected chi connectivity index (χ0v) is 13.3. The molecule has 0 bridgehead atoms. The van der Waals surface area contributed by atoms with Crippen LogP contribution in [0, 0.1) is 20.8 Å². The number of aryl methyl sites for hydroxylation is 3. The van der Waals surface area contributed by atoms with Gasteiger partial charge in [-0.25, -0.2) is 4.79 Å². The lowest BCUT2D eigenvalue weighted by Gasteiger charge is -2.12. The van der Waals surface area contributed by atoms with Gasteiger partial charge >= 0.3 is 5.97 Å². The highest BCUT2D eigenvalue weighted by Crippen LogP contribution is 2.22. The standard InChI is InChI=1S/C18H19NO4/c1-11-6-4-7-12(2)16(11)19-15(20)10-23-18(22)14-9-5-8-13(3)17(14)21/h4-9,21H,10H2,1-3H3,(H,19,20). The first-order valence-corrected chi connectivity index (χ1v) is 7.22. The highest BCUT2D eigenvalue weighted by molar-refractivity contribution is 5.97. The highest BCUT2D eigenvalue weighted by atomic mass is 16.5. The van der Waals surface area contributed by atoms with Crippen molar-refractivity contribution < 1.29 is 19.4 Å². The van der Waals surface area contributed by atoms with E-state index in [1.807, 2.05) is 32.0 Å². The quantitative estimate of drug-likeness (QED) is 0.850. The number of rotatable bonds is 4. The summed E-state index contributed by atoms with van der Waals surface area (Å²) in [5, 5.41) is 12.6. The van der Waals surface area contributed by atoms with Gasteiger partial charge in [-0.3, -0.25) is 4.79 Å². The van der Waals surface area contributed by atoms with Crippen molar-refractivity contribution in [3.63, 3.8) is 0 Å². The van der Waals surface area contributed by atoms with E-state index in [0.29, 0.717) is 11.3 Å². The Balaban J connectivity index is 1.99. The molecule has 0 aliphatic rings. The van der Waals surface area contributed by atoms with Crippen LogP contribution in [0.15, 0.2) is 36.4 Å². The topological polar surface area (TPSA) is 75.6 Å². The predicted octanol–water partition coefficient (Wildman–Crippen LogP) is 3.11. The molecule has 2 aromatic carbocycles. The Bertz CT molecular complexity index is 732. The summed E-state index contributed by atoms with van der Waals surface area (Å²) in [6.07, 6.45) is 0.